The third-order valence-corrected chi connectivity index (χ3v) is 5.91. The van der Waals surface area contributed by atoms with Crippen molar-refractivity contribution < 1.29 is 19.0 Å². The van der Waals surface area contributed by atoms with Crippen molar-refractivity contribution in [3.8, 4) is 17.0 Å². The van der Waals surface area contributed by atoms with E-state index in [4.69, 9.17) is 26.6 Å². The molecule has 2 N–H and O–H groups in total. The molecule has 10 nitrogen and oxygen atoms in total. The number of nitrogens with zero attached hydrogens (tertiary/aromatic N) is 4. The first kappa shape index (κ1) is 22.4. The summed E-state index contributed by atoms with van der Waals surface area (Å²) in [5.41, 5.74) is 8.40. The number of hydrogen-bond acceptors (Lipinski definition) is 8. The Kier molecular flexibility index (Phi) is 6.10. The summed E-state index contributed by atoms with van der Waals surface area (Å²) in [5, 5.41) is 15.4. The Morgan fingerprint density at radius 1 is 1.21 bits per heavy atom. The molecule has 1 saturated heterocycles. The third-order valence-electron chi connectivity index (χ3n) is 5.60. The van der Waals surface area contributed by atoms with E-state index >= 15 is 0 Å². The number of nitrogens with two attached hydrogens (primary N) is 1. The molecule has 1 aliphatic rings. The van der Waals surface area contributed by atoms with Crippen molar-refractivity contribution in [3.05, 3.63) is 62.9 Å². The summed E-state index contributed by atoms with van der Waals surface area (Å²) in [7, 11) is 1.53. The lowest BCUT2D eigenvalue weighted by molar-refractivity contribution is -0.384. The van der Waals surface area contributed by atoms with Gasteiger partial charge in [-0.25, -0.2) is 0 Å². The maximum Gasteiger partial charge on any atom is 0.271 e. The van der Waals surface area contributed by atoms with Crippen LogP contribution in [0.1, 0.15) is 16.1 Å². The average Bonchev–Trinajstić information content (AvgIpc) is 3.19. The third kappa shape index (κ3) is 4.29. The van der Waals surface area contributed by atoms with Crippen LogP contribution in [0.4, 0.5) is 17.1 Å². The molecule has 172 valence electrons. The first-order valence-corrected chi connectivity index (χ1v) is 10.6. The Morgan fingerprint density at radius 3 is 2.58 bits per heavy atom. The van der Waals surface area contributed by atoms with Crippen molar-refractivity contribution in [2.24, 2.45) is 0 Å². The molecule has 0 bridgehead atoms. The quantitative estimate of drug-likeness (QED) is 0.338. The molecule has 0 radical (unpaired) electrons. The topological polar surface area (TPSA) is 128 Å². The molecule has 0 spiro atoms. The van der Waals surface area contributed by atoms with E-state index < -0.39 is 4.92 Å². The molecular weight excluding hydrogens is 450 g/mol. The highest BCUT2D eigenvalue weighted by Gasteiger charge is 2.30. The molecule has 1 amide bonds. The fourth-order valence-electron chi connectivity index (χ4n) is 3.89. The van der Waals surface area contributed by atoms with Crippen LogP contribution in [0.25, 0.3) is 11.3 Å². The fourth-order valence-corrected chi connectivity index (χ4v) is 4.19. The second kappa shape index (κ2) is 8.99. The standard InChI is InChI=1S/C22H22ClN5O5/c1-13-20(21(25-33-13)16-11-14(24)3-6-19(16)32-2)22(29)27-9-7-26(8-10-27)18-5-4-15(28(30)31)12-17(18)23/h3-6,11-12H,7-10,24H2,1-2H3. The van der Waals surface area contributed by atoms with Crippen LogP contribution in [0.2, 0.25) is 5.02 Å². The average molecular weight is 472 g/mol. The van der Waals surface area contributed by atoms with Gasteiger partial charge in [0.2, 0.25) is 0 Å². The summed E-state index contributed by atoms with van der Waals surface area (Å²) in [4.78, 5) is 27.6. The molecule has 4 rings (SSSR count). The molecule has 1 aromatic heterocycles. The van der Waals surface area contributed by atoms with Crippen LogP contribution in [0.3, 0.4) is 0 Å². The molecule has 0 atom stereocenters. The van der Waals surface area contributed by atoms with E-state index in [9.17, 15) is 14.9 Å². The summed E-state index contributed by atoms with van der Waals surface area (Å²) in [5.74, 6) is 0.729. The monoisotopic (exact) mass is 471 g/mol. The number of nitro groups is 1. The summed E-state index contributed by atoms with van der Waals surface area (Å²) in [6, 6.07) is 9.51. The number of aryl methyl sites for hydroxylation is 1. The number of ether oxygens (including phenoxy) is 1. The molecule has 3 aromatic rings. The number of aromatic nitrogens is 1. The van der Waals surface area contributed by atoms with E-state index in [0.29, 0.717) is 70.9 Å². The van der Waals surface area contributed by atoms with Crippen LogP contribution >= 0.6 is 11.6 Å². The van der Waals surface area contributed by atoms with Gasteiger partial charge < -0.3 is 24.8 Å². The van der Waals surface area contributed by atoms with Gasteiger partial charge in [-0.3, -0.25) is 14.9 Å². The van der Waals surface area contributed by atoms with Crippen LogP contribution < -0.4 is 15.4 Å². The summed E-state index contributed by atoms with van der Waals surface area (Å²) in [6.45, 7) is 3.60. The van der Waals surface area contributed by atoms with Crippen LogP contribution in [-0.4, -0.2) is 54.2 Å². The lowest BCUT2D eigenvalue weighted by Gasteiger charge is -2.36. The Labute approximate surface area is 194 Å². The van der Waals surface area contributed by atoms with E-state index in [2.05, 4.69) is 5.16 Å². The minimum atomic E-state index is -0.486. The lowest BCUT2D eigenvalue weighted by Crippen LogP contribution is -2.49. The molecule has 2 aromatic carbocycles. The maximum absolute atomic E-state index is 13.4. The molecule has 1 aliphatic heterocycles. The normalized spacial score (nSPS) is 13.8. The highest BCUT2D eigenvalue weighted by molar-refractivity contribution is 6.33. The number of benzene rings is 2. The summed E-state index contributed by atoms with van der Waals surface area (Å²) >= 11 is 6.27. The zero-order chi connectivity index (χ0) is 23.7. The predicted molar refractivity (Wildman–Crippen MR) is 124 cm³/mol. The number of hydrogen-bond donors (Lipinski definition) is 1. The number of nitro benzene ring substituents is 1. The van der Waals surface area contributed by atoms with E-state index in [1.54, 1.807) is 36.1 Å². The van der Waals surface area contributed by atoms with Gasteiger partial charge >= 0.3 is 0 Å². The van der Waals surface area contributed by atoms with Gasteiger partial charge in [0.15, 0.2) is 0 Å². The Bertz CT molecular complexity index is 1220. The molecule has 0 saturated carbocycles. The predicted octanol–water partition coefficient (Wildman–Crippen LogP) is 3.76. The second-order valence-electron chi connectivity index (χ2n) is 7.59. The number of nitrogen functional groups attached to an aromatic ring is 1. The number of piperazine rings is 1. The number of methoxy groups -OCH3 is 1. The number of rotatable bonds is 5. The van der Waals surface area contributed by atoms with Gasteiger partial charge in [0.25, 0.3) is 11.6 Å². The van der Waals surface area contributed by atoms with Crippen molar-refractivity contribution in [1.29, 1.82) is 0 Å². The summed E-state index contributed by atoms with van der Waals surface area (Å²) < 4.78 is 10.8. The molecule has 2 heterocycles. The van der Waals surface area contributed by atoms with Crippen LogP contribution in [0.5, 0.6) is 5.75 Å². The number of carbonyl (C=O) groups excluding carboxylic acids is 1. The maximum atomic E-state index is 13.4. The Balaban J connectivity index is 1.54. The van der Waals surface area contributed by atoms with E-state index in [0.717, 1.165) is 0 Å². The highest BCUT2D eigenvalue weighted by atomic mass is 35.5. The molecular formula is C22H22ClN5O5. The molecule has 0 aliphatic carbocycles. The zero-order valence-corrected chi connectivity index (χ0v) is 18.8. The van der Waals surface area contributed by atoms with Crippen LogP contribution in [-0.2, 0) is 0 Å². The zero-order valence-electron chi connectivity index (χ0n) is 18.1. The first-order chi connectivity index (χ1) is 15.8. The molecule has 0 unspecified atom stereocenters. The minimum Gasteiger partial charge on any atom is -0.496 e. The van der Waals surface area contributed by atoms with Gasteiger partial charge in [-0.05, 0) is 31.2 Å². The van der Waals surface area contributed by atoms with E-state index in [1.165, 1.54) is 19.2 Å². The fraction of sp³-hybridized carbons (Fsp3) is 0.273. The van der Waals surface area contributed by atoms with Gasteiger partial charge in [-0.2, -0.15) is 0 Å². The van der Waals surface area contributed by atoms with E-state index in [-0.39, 0.29) is 11.6 Å². The van der Waals surface area contributed by atoms with Gasteiger partial charge in [-0.1, -0.05) is 16.8 Å². The van der Waals surface area contributed by atoms with Gasteiger partial charge in [0, 0.05) is 49.6 Å². The minimum absolute atomic E-state index is 0.0648. The first-order valence-electron chi connectivity index (χ1n) is 10.2. The molecule has 11 heteroatoms. The second-order valence-corrected chi connectivity index (χ2v) is 8.00. The number of carbonyl (C=O) groups is 1. The van der Waals surface area contributed by atoms with Gasteiger partial charge in [-0.15, -0.1) is 0 Å². The van der Waals surface area contributed by atoms with Crippen LogP contribution in [0.15, 0.2) is 40.9 Å². The van der Waals surface area contributed by atoms with Crippen molar-refractivity contribution in [1.82, 2.24) is 10.1 Å². The smallest absolute Gasteiger partial charge is 0.271 e. The SMILES string of the molecule is COc1ccc(N)cc1-c1noc(C)c1C(=O)N1CCN(c2ccc([N+](=O)[O-])cc2Cl)CC1. The number of anilines is 2. The number of halogens is 1. The van der Waals surface area contributed by atoms with Crippen molar-refractivity contribution in [3.63, 3.8) is 0 Å². The molecule has 33 heavy (non-hydrogen) atoms. The van der Waals surface area contributed by atoms with Gasteiger partial charge in [0.1, 0.15) is 22.8 Å². The highest BCUT2D eigenvalue weighted by Crippen LogP contribution is 2.35. The lowest BCUT2D eigenvalue weighted by atomic mass is 10.0. The Hall–Kier alpha value is -3.79. The largest absolute Gasteiger partial charge is 0.496 e. The summed E-state index contributed by atoms with van der Waals surface area (Å²) in [6.07, 6.45) is 0. The number of amides is 1. The van der Waals surface area contributed by atoms with Crippen molar-refractivity contribution >= 4 is 34.6 Å². The van der Waals surface area contributed by atoms with Gasteiger partial charge in [0.05, 0.1) is 22.7 Å². The van der Waals surface area contributed by atoms with E-state index in [1.807, 2.05) is 4.90 Å². The van der Waals surface area contributed by atoms with Crippen molar-refractivity contribution in [2.75, 3.05) is 43.9 Å². The van der Waals surface area contributed by atoms with Crippen molar-refractivity contribution in [2.45, 2.75) is 6.92 Å². The van der Waals surface area contributed by atoms with Crippen LogP contribution in [0, 0.1) is 17.0 Å². The molecule has 1 fully saturated rings. The number of non-ortho nitro benzene ring substituents is 1. The Morgan fingerprint density at radius 2 is 1.94 bits per heavy atom.